The minimum atomic E-state index is -1.14. The van der Waals surface area contributed by atoms with Crippen molar-refractivity contribution in [3.05, 3.63) is 12.2 Å². The fourth-order valence-corrected chi connectivity index (χ4v) is 3.20. The zero-order valence-corrected chi connectivity index (χ0v) is 14.2. The van der Waals surface area contributed by atoms with E-state index < -0.39 is 8.07 Å². The molecule has 1 aliphatic rings. The molecule has 19 heavy (non-hydrogen) atoms. The molecule has 0 aromatic carbocycles. The van der Waals surface area contributed by atoms with Crippen LogP contribution in [0.2, 0.25) is 25.2 Å². The van der Waals surface area contributed by atoms with Gasteiger partial charge in [0.15, 0.2) is 0 Å². The van der Waals surface area contributed by atoms with Crippen LogP contribution in [0.4, 0.5) is 0 Å². The van der Waals surface area contributed by atoms with Crippen LogP contribution in [0.3, 0.4) is 0 Å². The second-order valence-corrected chi connectivity index (χ2v) is 12.7. The van der Waals surface area contributed by atoms with Gasteiger partial charge >= 0.3 is 5.97 Å². The topological polar surface area (TPSA) is 26.3 Å². The molecule has 0 aliphatic heterocycles. The Balaban J connectivity index is 2.68. The van der Waals surface area contributed by atoms with Crippen LogP contribution < -0.4 is 0 Å². The van der Waals surface area contributed by atoms with Crippen LogP contribution in [-0.2, 0) is 9.53 Å². The zero-order chi connectivity index (χ0) is 14.5. The van der Waals surface area contributed by atoms with E-state index in [-0.39, 0.29) is 12.1 Å². The lowest BCUT2D eigenvalue weighted by Crippen LogP contribution is -2.28. The van der Waals surface area contributed by atoms with Crippen LogP contribution in [0, 0.1) is 5.92 Å². The van der Waals surface area contributed by atoms with Gasteiger partial charge in [0.2, 0.25) is 0 Å². The van der Waals surface area contributed by atoms with E-state index in [1.165, 1.54) is 39.0 Å². The summed E-state index contributed by atoms with van der Waals surface area (Å²) in [4.78, 5) is 11.3. The molecule has 0 unspecified atom stereocenters. The predicted molar refractivity (Wildman–Crippen MR) is 84.0 cm³/mol. The number of carbonyl (C=O) groups is 1. The van der Waals surface area contributed by atoms with E-state index in [0.717, 1.165) is 0 Å². The van der Waals surface area contributed by atoms with Crippen molar-refractivity contribution in [2.45, 2.75) is 77.2 Å². The molecule has 0 N–H and O–H groups in total. The lowest BCUT2D eigenvalue weighted by molar-refractivity contribution is -0.146. The molecule has 3 heteroatoms. The Morgan fingerprint density at radius 3 is 2.21 bits per heavy atom. The molecule has 110 valence electrons. The van der Waals surface area contributed by atoms with Crippen molar-refractivity contribution in [2.24, 2.45) is 5.92 Å². The average molecular weight is 282 g/mol. The summed E-state index contributed by atoms with van der Waals surface area (Å²) < 4.78 is 5.54. The Hall–Kier alpha value is -0.573. The van der Waals surface area contributed by atoms with Crippen LogP contribution in [-0.4, -0.2) is 20.1 Å². The highest BCUT2D eigenvalue weighted by Gasteiger charge is 2.25. The highest BCUT2D eigenvalue weighted by atomic mass is 28.3. The third-order valence-electron chi connectivity index (χ3n) is 4.37. The van der Waals surface area contributed by atoms with Gasteiger partial charge < -0.3 is 4.74 Å². The largest absolute Gasteiger partial charge is 0.458 e. The molecule has 1 aliphatic carbocycles. The number of allylic oxidation sites excluding steroid dienone is 1. The maximum Gasteiger partial charge on any atom is 0.303 e. The monoisotopic (exact) mass is 282 g/mol. The molecule has 0 heterocycles. The minimum absolute atomic E-state index is 0.00315. The lowest BCUT2D eigenvalue weighted by atomic mass is 9.85. The molecule has 2 nitrogen and oxygen atoms in total. The van der Waals surface area contributed by atoms with Gasteiger partial charge in [-0.15, -0.1) is 0 Å². The first kappa shape index (κ1) is 16.5. The molecule has 1 saturated carbocycles. The second kappa shape index (κ2) is 7.27. The molecule has 0 aromatic rings. The van der Waals surface area contributed by atoms with Gasteiger partial charge in [-0.1, -0.05) is 51.9 Å². The summed E-state index contributed by atoms with van der Waals surface area (Å²) in [6, 6.07) is 0. The van der Waals surface area contributed by atoms with Gasteiger partial charge in [-0.3, -0.25) is 4.79 Å². The average Bonchev–Trinajstić information content (AvgIpc) is 2.33. The van der Waals surface area contributed by atoms with Crippen LogP contribution in [0.5, 0.6) is 0 Å². The summed E-state index contributed by atoms with van der Waals surface area (Å²) in [6.07, 6.45) is 10.7. The van der Waals surface area contributed by atoms with Crippen LogP contribution in [0.15, 0.2) is 12.2 Å². The molecule has 0 radical (unpaired) electrons. The van der Waals surface area contributed by atoms with Gasteiger partial charge in [0, 0.05) is 6.92 Å². The first-order chi connectivity index (χ1) is 8.80. The molecular weight excluding hydrogens is 252 g/mol. The summed E-state index contributed by atoms with van der Waals surface area (Å²) in [5.41, 5.74) is 0.620. The van der Waals surface area contributed by atoms with E-state index in [4.69, 9.17) is 4.74 Å². The standard InChI is InChI=1S/C16H30O2Si/c1-13(19(3,4)5)11-12-16(18-14(2)17)15-9-7-6-8-10-15/h11-13,15-16H,6-10H2,1-5H3/b12-11-/t13-,16+/m0/s1. The fourth-order valence-electron chi connectivity index (χ4n) is 2.51. The van der Waals surface area contributed by atoms with Crippen molar-refractivity contribution in [2.75, 3.05) is 0 Å². The van der Waals surface area contributed by atoms with E-state index >= 15 is 0 Å². The first-order valence-corrected chi connectivity index (χ1v) is 11.2. The normalized spacial score (nSPS) is 21.3. The van der Waals surface area contributed by atoms with Crippen LogP contribution in [0.1, 0.15) is 46.0 Å². The van der Waals surface area contributed by atoms with Gasteiger partial charge in [0.05, 0.1) is 8.07 Å². The second-order valence-electron chi connectivity index (χ2n) is 7.01. The van der Waals surface area contributed by atoms with Crippen molar-refractivity contribution >= 4 is 14.0 Å². The Morgan fingerprint density at radius 1 is 1.16 bits per heavy atom. The Labute approximate surface area is 119 Å². The SMILES string of the molecule is CC(=O)O[C@H](/C=C\[C@H](C)[Si](C)(C)C)C1CCCCC1. The number of ether oxygens (including phenoxy) is 1. The molecule has 2 atom stereocenters. The van der Waals surface area contributed by atoms with Crippen molar-refractivity contribution in [1.29, 1.82) is 0 Å². The van der Waals surface area contributed by atoms with Gasteiger partial charge in [0.1, 0.15) is 6.10 Å². The third kappa shape index (κ3) is 5.94. The quantitative estimate of drug-likeness (QED) is 0.412. The van der Waals surface area contributed by atoms with Crippen molar-refractivity contribution < 1.29 is 9.53 Å². The lowest BCUT2D eigenvalue weighted by Gasteiger charge is -2.29. The number of hydrogen-bond donors (Lipinski definition) is 0. The molecular formula is C16H30O2Si. The predicted octanol–water partition coefficient (Wildman–Crippen LogP) is 4.78. The van der Waals surface area contributed by atoms with Gasteiger partial charge in [-0.25, -0.2) is 0 Å². The zero-order valence-electron chi connectivity index (χ0n) is 13.2. The Bertz CT molecular complexity index is 311. The Kier molecular flexibility index (Phi) is 6.31. The van der Waals surface area contributed by atoms with E-state index in [1.807, 2.05) is 0 Å². The highest BCUT2D eigenvalue weighted by Crippen LogP contribution is 2.30. The summed E-state index contributed by atoms with van der Waals surface area (Å²) in [5.74, 6) is 0.378. The maximum atomic E-state index is 11.3. The highest BCUT2D eigenvalue weighted by molar-refractivity contribution is 6.77. The molecule has 0 aromatic heterocycles. The number of esters is 1. The molecule has 1 rings (SSSR count). The summed E-state index contributed by atoms with van der Waals surface area (Å²) in [7, 11) is -1.14. The molecule has 0 saturated heterocycles. The first-order valence-electron chi connectivity index (χ1n) is 7.66. The Morgan fingerprint density at radius 2 is 1.74 bits per heavy atom. The number of hydrogen-bond acceptors (Lipinski definition) is 2. The van der Waals surface area contributed by atoms with E-state index in [9.17, 15) is 4.79 Å². The van der Waals surface area contributed by atoms with Crippen molar-refractivity contribution in [3.63, 3.8) is 0 Å². The maximum absolute atomic E-state index is 11.3. The van der Waals surface area contributed by atoms with Crippen LogP contribution >= 0.6 is 0 Å². The fraction of sp³-hybridized carbons (Fsp3) is 0.812. The van der Waals surface area contributed by atoms with Gasteiger partial charge in [-0.05, 0) is 30.4 Å². The van der Waals surface area contributed by atoms with Crippen molar-refractivity contribution in [1.82, 2.24) is 0 Å². The van der Waals surface area contributed by atoms with E-state index in [2.05, 4.69) is 38.7 Å². The molecule has 1 fully saturated rings. The number of carbonyl (C=O) groups excluding carboxylic acids is 1. The summed E-state index contributed by atoms with van der Waals surface area (Å²) in [6.45, 7) is 10.9. The molecule has 0 spiro atoms. The van der Waals surface area contributed by atoms with Crippen LogP contribution in [0.25, 0.3) is 0 Å². The van der Waals surface area contributed by atoms with Gasteiger partial charge in [-0.2, -0.15) is 0 Å². The summed E-state index contributed by atoms with van der Waals surface area (Å²) in [5, 5.41) is 0. The number of rotatable bonds is 5. The molecule has 0 amide bonds. The smallest absolute Gasteiger partial charge is 0.303 e. The summed E-state index contributed by atoms with van der Waals surface area (Å²) >= 11 is 0. The third-order valence-corrected chi connectivity index (χ3v) is 7.30. The minimum Gasteiger partial charge on any atom is -0.458 e. The van der Waals surface area contributed by atoms with Gasteiger partial charge in [0.25, 0.3) is 0 Å². The molecule has 0 bridgehead atoms. The van der Waals surface area contributed by atoms with E-state index in [1.54, 1.807) is 0 Å². The van der Waals surface area contributed by atoms with E-state index in [0.29, 0.717) is 11.5 Å². The van der Waals surface area contributed by atoms with Crippen molar-refractivity contribution in [3.8, 4) is 0 Å².